The Balaban J connectivity index is 0.00000361. The maximum absolute atomic E-state index is 4.20. The van der Waals surface area contributed by atoms with Gasteiger partial charge in [-0.2, -0.15) is 0 Å². The summed E-state index contributed by atoms with van der Waals surface area (Å²) in [5.74, 6) is 1.75. The van der Waals surface area contributed by atoms with Gasteiger partial charge in [0.15, 0.2) is 11.8 Å². The third kappa shape index (κ3) is 7.06. The Kier molecular flexibility index (Phi) is 11.4. The fraction of sp³-hybridized carbons (Fsp3) is 0.769. The lowest BCUT2D eigenvalue weighted by Gasteiger charge is -2.11. The molecule has 0 bridgehead atoms. The van der Waals surface area contributed by atoms with Crippen molar-refractivity contribution in [2.45, 2.75) is 52.6 Å². The smallest absolute Gasteiger partial charge is 0.191 e. The number of unbranched alkanes of at least 4 members (excludes halogenated alkanes) is 3. The number of aromatic nitrogens is 3. The van der Waals surface area contributed by atoms with Gasteiger partial charge in [-0.3, -0.25) is 4.99 Å². The van der Waals surface area contributed by atoms with E-state index in [9.17, 15) is 0 Å². The van der Waals surface area contributed by atoms with Crippen LogP contribution in [0.4, 0.5) is 0 Å². The van der Waals surface area contributed by atoms with Gasteiger partial charge in [0.1, 0.15) is 6.33 Å². The fourth-order valence-electron chi connectivity index (χ4n) is 1.82. The maximum atomic E-state index is 4.20. The highest BCUT2D eigenvalue weighted by atomic mass is 127. The zero-order chi connectivity index (χ0) is 13.9. The van der Waals surface area contributed by atoms with E-state index in [0.717, 1.165) is 24.9 Å². The lowest BCUT2D eigenvalue weighted by atomic mass is 10.2. The van der Waals surface area contributed by atoms with Gasteiger partial charge in [0.2, 0.25) is 0 Å². The highest BCUT2D eigenvalue weighted by Gasteiger charge is 2.03. The van der Waals surface area contributed by atoms with E-state index in [1.165, 1.54) is 25.7 Å². The minimum atomic E-state index is 0. The summed E-state index contributed by atoms with van der Waals surface area (Å²) >= 11 is 0. The van der Waals surface area contributed by atoms with Crippen LogP contribution in [-0.2, 0) is 13.1 Å². The Morgan fingerprint density at radius 2 is 2.05 bits per heavy atom. The summed E-state index contributed by atoms with van der Waals surface area (Å²) in [5, 5.41) is 14.5. The van der Waals surface area contributed by atoms with Crippen molar-refractivity contribution in [2.24, 2.45) is 4.99 Å². The van der Waals surface area contributed by atoms with Crippen molar-refractivity contribution in [3.05, 3.63) is 12.2 Å². The average molecular weight is 394 g/mol. The molecule has 1 rings (SSSR count). The molecule has 1 aromatic rings. The molecule has 0 aliphatic carbocycles. The molecule has 0 spiro atoms. The highest BCUT2D eigenvalue weighted by molar-refractivity contribution is 14.0. The third-order valence-electron chi connectivity index (χ3n) is 3.00. The number of rotatable bonds is 8. The first kappa shape index (κ1) is 19.1. The number of hydrogen-bond donors (Lipinski definition) is 2. The number of guanidine groups is 1. The van der Waals surface area contributed by atoms with E-state index in [1.54, 1.807) is 13.4 Å². The Morgan fingerprint density at radius 3 is 2.70 bits per heavy atom. The molecule has 20 heavy (non-hydrogen) atoms. The number of hydrogen-bond acceptors (Lipinski definition) is 3. The van der Waals surface area contributed by atoms with Crippen LogP contribution >= 0.6 is 24.0 Å². The SMILES string of the molecule is CCCCCCNC(=NC)NCc1nncn1CC.I. The van der Waals surface area contributed by atoms with Crippen molar-refractivity contribution in [1.29, 1.82) is 0 Å². The average Bonchev–Trinajstić information content (AvgIpc) is 2.89. The Labute approximate surface area is 138 Å². The summed E-state index contributed by atoms with van der Waals surface area (Å²) < 4.78 is 2.02. The van der Waals surface area contributed by atoms with Crippen molar-refractivity contribution in [2.75, 3.05) is 13.6 Å². The van der Waals surface area contributed by atoms with Gasteiger partial charge in [0, 0.05) is 20.1 Å². The van der Waals surface area contributed by atoms with Gasteiger partial charge in [0.05, 0.1) is 6.54 Å². The van der Waals surface area contributed by atoms with Crippen molar-refractivity contribution in [3.63, 3.8) is 0 Å². The molecule has 0 aliphatic heterocycles. The minimum Gasteiger partial charge on any atom is -0.356 e. The normalized spacial score (nSPS) is 11.1. The standard InChI is InChI=1S/C13H26N6.HI/c1-4-6-7-8-9-15-13(14-3)16-10-12-18-17-11-19(12)5-2;/h11H,4-10H2,1-3H3,(H2,14,15,16);1H. The maximum Gasteiger partial charge on any atom is 0.191 e. The number of nitrogens with zero attached hydrogens (tertiary/aromatic N) is 4. The molecular weight excluding hydrogens is 367 g/mol. The van der Waals surface area contributed by atoms with Gasteiger partial charge in [-0.1, -0.05) is 26.2 Å². The van der Waals surface area contributed by atoms with E-state index >= 15 is 0 Å². The second-order valence-electron chi connectivity index (χ2n) is 4.45. The molecule has 0 unspecified atom stereocenters. The molecule has 0 fully saturated rings. The second-order valence-corrected chi connectivity index (χ2v) is 4.45. The van der Waals surface area contributed by atoms with Crippen molar-refractivity contribution < 1.29 is 0 Å². The van der Waals surface area contributed by atoms with E-state index in [1.807, 2.05) is 4.57 Å². The quantitative estimate of drug-likeness (QED) is 0.307. The second kappa shape index (κ2) is 11.9. The van der Waals surface area contributed by atoms with Gasteiger partial charge in [0.25, 0.3) is 0 Å². The van der Waals surface area contributed by atoms with Gasteiger partial charge in [-0.25, -0.2) is 0 Å². The van der Waals surface area contributed by atoms with Crippen LogP contribution in [0.15, 0.2) is 11.3 Å². The highest BCUT2D eigenvalue weighted by Crippen LogP contribution is 1.97. The number of aryl methyl sites for hydroxylation is 1. The summed E-state index contributed by atoms with van der Waals surface area (Å²) in [6, 6.07) is 0. The van der Waals surface area contributed by atoms with E-state index in [4.69, 9.17) is 0 Å². The van der Waals surface area contributed by atoms with Crippen LogP contribution in [0, 0.1) is 0 Å². The van der Waals surface area contributed by atoms with Crippen LogP contribution in [0.3, 0.4) is 0 Å². The van der Waals surface area contributed by atoms with E-state index in [2.05, 4.69) is 39.7 Å². The zero-order valence-corrected chi connectivity index (χ0v) is 15.1. The zero-order valence-electron chi connectivity index (χ0n) is 12.7. The first-order valence-electron chi connectivity index (χ1n) is 7.13. The largest absolute Gasteiger partial charge is 0.356 e. The summed E-state index contributed by atoms with van der Waals surface area (Å²) in [7, 11) is 1.78. The summed E-state index contributed by atoms with van der Waals surface area (Å²) in [6.45, 7) is 6.78. The van der Waals surface area contributed by atoms with Crippen LogP contribution in [0.1, 0.15) is 45.4 Å². The van der Waals surface area contributed by atoms with Crippen molar-refractivity contribution in [3.8, 4) is 0 Å². The van der Waals surface area contributed by atoms with Crippen LogP contribution in [0.5, 0.6) is 0 Å². The Bertz CT molecular complexity index is 377. The lowest BCUT2D eigenvalue weighted by Crippen LogP contribution is -2.37. The van der Waals surface area contributed by atoms with Gasteiger partial charge in [-0.05, 0) is 13.3 Å². The fourth-order valence-corrected chi connectivity index (χ4v) is 1.82. The van der Waals surface area contributed by atoms with Crippen molar-refractivity contribution >= 4 is 29.9 Å². The summed E-state index contributed by atoms with van der Waals surface area (Å²) in [5.41, 5.74) is 0. The molecule has 1 heterocycles. The Hall–Kier alpha value is -0.860. The Morgan fingerprint density at radius 1 is 1.25 bits per heavy atom. The number of halogens is 1. The molecular formula is C13H27IN6. The lowest BCUT2D eigenvalue weighted by molar-refractivity contribution is 0.638. The molecule has 0 atom stereocenters. The molecule has 0 radical (unpaired) electrons. The van der Waals surface area contributed by atoms with Crippen LogP contribution in [0.25, 0.3) is 0 Å². The monoisotopic (exact) mass is 394 g/mol. The molecule has 6 nitrogen and oxygen atoms in total. The van der Waals surface area contributed by atoms with E-state index in [0.29, 0.717) is 6.54 Å². The molecule has 2 N–H and O–H groups in total. The summed E-state index contributed by atoms with van der Waals surface area (Å²) in [6.07, 6.45) is 6.76. The molecule has 0 saturated carbocycles. The molecule has 116 valence electrons. The molecule has 1 aromatic heterocycles. The molecule has 0 saturated heterocycles. The first-order chi connectivity index (χ1) is 9.31. The molecule has 7 heteroatoms. The van der Waals surface area contributed by atoms with E-state index < -0.39 is 0 Å². The third-order valence-corrected chi connectivity index (χ3v) is 3.00. The molecule has 0 aromatic carbocycles. The van der Waals surface area contributed by atoms with Crippen molar-refractivity contribution in [1.82, 2.24) is 25.4 Å². The number of aliphatic imine (C=N–C) groups is 1. The molecule has 0 aliphatic rings. The van der Waals surface area contributed by atoms with Gasteiger partial charge in [-0.15, -0.1) is 34.2 Å². The topological polar surface area (TPSA) is 67.1 Å². The predicted molar refractivity (Wildman–Crippen MR) is 93.5 cm³/mol. The van der Waals surface area contributed by atoms with Crippen LogP contribution in [0.2, 0.25) is 0 Å². The predicted octanol–water partition coefficient (Wildman–Crippen LogP) is 2.16. The van der Waals surface area contributed by atoms with Gasteiger partial charge < -0.3 is 15.2 Å². The first-order valence-corrected chi connectivity index (χ1v) is 7.13. The number of nitrogens with one attached hydrogen (secondary N) is 2. The van der Waals surface area contributed by atoms with E-state index in [-0.39, 0.29) is 24.0 Å². The molecule has 0 amide bonds. The summed E-state index contributed by atoms with van der Waals surface area (Å²) in [4.78, 5) is 4.20. The minimum absolute atomic E-state index is 0. The van der Waals surface area contributed by atoms with Crippen LogP contribution < -0.4 is 10.6 Å². The van der Waals surface area contributed by atoms with Crippen LogP contribution in [-0.4, -0.2) is 34.3 Å². The van der Waals surface area contributed by atoms with Gasteiger partial charge >= 0.3 is 0 Å².